The highest BCUT2D eigenvalue weighted by Crippen LogP contribution is 2.26. The second-order valence-electron chi connectivity index (χ2n) is 5.09. The van der Waals surface area contributed by atoms with Gasteiger partial charge in [0.25, 0.3) is 0 Å². The van der Waals surface area contributed by atoms with E-state index in [-0.39, 0.29) is 16.8 Å². The lowest BCUT2D eigenvalue weighted by Gasteiger charge is -2.05. The van der Waals surface area contributed by atoms with Crippen molar-refractivity contribution in [2.45, 2.75) is 6.92 Å². The Morgan fingerprint density at radius 2 is 2.00 bits per heavy atom. The minimum Gasteiger partial charge on any atom is -0.476 e. The van der Waals surface area contributed by atoms with Crippen LogP contribution in [0.1, 0.15) is 26.4 Å². The van der Waals surface area contributed by atoms with E-state index in [2.05, 4.69) is 4.98 Å². The molecule has 23 heavy (non-hydrogen) atoms. The van der Waals surface area contributed by atoms with Gasteiger partial charge >= 0.3 is 11.9 Å². The number of aromatic carboxylic acids is 1. The molecule has 0 saturated heterocycles. The predicted octanol–water partition coefficient (Wildman–Crippen LogP) is 2.79. The van der Waals surface area contributed by atoms with Crippen LogP contribution in [-0.2, 0) is 4.74 Å². The van der Waals surface area contributed by atoms with Crippen molar-refractivity contribution >= 4 is 17.5 Å². The Morgan fingerprint density at radius 3 is 2.65 bits per heavy atom. The van der Waals surface area contributed by atoms with Crippen molar-refractivity contribution in [1.29, 1.82) is 0 Å². The number of esters is 1. The molecule has 3 rings (SSSR count). The minimum absolute atomic E-state index is 0.166. The Balaban J connectivity index is 2.38. The Labute approximate surface area is 132 Å². The molecule has 0 bridgehead atoms. The van der Waals surface area contributed by atoms with Gasteiger partial charge in [-0.2, -0.15) is 0 Å². The number of pyridine rings is 1. The molecule has 6 heteroatoms. The van der Waals surface area contributed by atoms with E-state index in [9.17, 15) is 14.7 Å². The van der Waals surface area contributed by atoms with Crippen LogP contribution in [0.25, 0.3) is 16.9 Å². The van der Waals surface area contributed by atoms with Gasteiger partial charge in [0.05, 0.1) is 18.2 Å². The standard InChI is InChI=1S/C17H14N2O4/c1-10-5-3-6-11(9-10)15-18-13(16(20)21)14-12(17(22)23-2)7-4-8-19(14)15/h3-9H,1-2H3,(H,20,21). The molecule has 0 aliphatic carbocycles. The molecule has 0 atom stereocenters. The summed E-state index contributed by atoms with van der Waals surface area (Å²) in [6, 6.07) is 10.7. The lowest BCUT2D eigenvalue weighted by atomic mass is 10.1. The molecule has 0 unspecified atom stereocenters. The molecule has 2 aromatic heterocycles. The van der Waals surface area contributed by atoms with Crippen molar-refractivity contribution in [2.24, 2.45) is 0 Å². The fourth-order valence-corrected chi connectivity index (χ4v) is 2.55. The molecule has 1 aromatic carbocycles. The van der Waals surface area contributed by atoms with E-state index in [1.807, 2.05) is 31.2 Å². The molecule has 0 aliphatic heterocycles. The summed E-state index contributed by atoms with van der Waals surface area (Å²) in [5.74, 6) is -1.33. The van der Waals surface area contributed by atoms with Gasteiger partial charge in [-0.25, -0.2) is 14.6 Å². The van der Waals surface area contributed by atoms with Gasteiger partial charge in [0.15, 0.2) is 5.69 Å². The van der Waals surface area contributed by atoms with Crippen LogP contribution < -0.4 is 0 Å². The summed E-state index contributed by atoms with van der Waals surface area (Å²) < 4.78 is 6.34. The predicted molar refractivity (Wildman–Crippen MR) is 83.7 cm³/mol. The van der Waals surface area contributed by atoms with Crippen LogP contribution in [0.5, 0.6) is 0 Å². The number of hydrogen-bond acceptors (Lipinski definition) is 4. The van der Waals surface area contributed by atoms with E-state index in [1.165, 1.54) is 13.2 Å². The summed E-state index contributed by atoms with van der Waals surface area (Å²) in [5, 5.41) is 9.45. The lowest BCUT2D eigenvalue weighted by molar-refractivity contribution is 0.0602. The first kappa shape index (κ1) is 14.8. The molecule has 0 saturated carbocycles. The van der Waals surface area contributed by atoms with Crippen molar-refractivity contribution in [3.05, 3.63) is 59.4 Å². The van der Waals surface area contributed by atoms with E-state index < -0.39 is 11.9 Å². The Kier molecular flexibility index (Phi) is 3.57. The van der Waals surface area contributed by atoms with Crippen molar-refractivity contribution in [1.82, 2.24) is 9.38 Å². The third-order valence-corrected chi connectivity index (χ3v) is 3.55. The fraction of sp³-hybridized carbons (Fsp3) is 0.118. The zero-order valence-electron chi connectivity index (χ0n) is 12.6. The number of aromatic nitrogens is 2. The number of rotatable bonds is 3. The fourth-order valence-electron chi connectivity index (χ4n) is 2.55. The van der Waals surface area contributed by atoms with Crippen LogP contribution >= 0.6 is 0 Å². The number of hydrogen-bond donors (Lipinski definition) is 1. The van der Waals surface area contributed by atoms with Gasteiger partial charge in [0.1, 0.15) is 5.82 Å². The number of aryl methyl sites for hydroxylation is 1. The average Bonchev–Trinajstić information content (AvgIpc) is 2.94. The van der Waals surface area contributed by atoms with Gasteiger partial charge in [-0.1, -0.05) is 23.8 Å². The third kappa shape index (κ3) is 2.44. The number of carbonyl (C=O) groups is 2. The van der Waals surface area contributed by atoms with Crippen molar-refractivity contribution in [3.63, 3.8) is 0 Å². The zero-order valence-corrected chi connectivity index (χ0v) is 12.6. The molecule has 2 heterocycles. The van der Waals surface area contributed by atoms with E-state index in [1.54, 1.807) is 16.7 Å². The highest BCUT2D eigenvalue weighted by Gasteiger charge is 2.23. The number of carboxylic acid groups (broad SMARTS) is 1. The number of imidazole rings is 1. The molecule has 0 amide bonds. The number of nitrogens with zero attached hydrogens (tertiary/aromatic N) is 2. The lowest BCUT2D eigenvalue weighted by Crippen LogP contribution is -2.06. The topological polar surface area (TPSA) is 80.9 Å². The molecular formula is C17H14N2O4. The second-order valence-corrected chi connectivity index (χ2v) is 5.09. The quantitative estimate of drug-likeness (QED) is 0.752. The molecular weight excluding hydrogens is 296 g/mol. The normalized spacial score (nSPS) is 10.7. The molecule has 6 nitrogen and oxygen atoms in total. The molecule has 0 fully saturated rings. The number of ether oxygens (including phenoxy) is 1. The third-order valence-electron chi connectivity index (χ3n) is 3.55. The molecule has 116 valence electrons. The van der Waals surface area contributed by atoms with Gasteiger partial charge in [-0.15, -0.1) is 0 Å². The van der Waals surface area contributed by atoms with Crippen LogP contribution in [0.15, 0.2) is 42.6 Å². The second kappa shape index (κ2) is 5.57. The van der Waals surface area contributed by atoms with Gasteiger partial charge in [0, 0.05) is 11.8 Å². The Hall–Kier alpha value is -3.15. The summed E-state index contributed by atoms with van der Waals surface area (Å²) in [4.78, 5) is 27.7. The number of benzene rings is 1. The maximum absolute atomic E-state index is 11.9. The van der Waals surface area contributed by atoms with Crippen LogP contribution in [0, 0.1) is 6.92 Å². The highest BCUT2D eigenvalue weighted by atomic mass is 16.5. The van der Waals surface area contributed by atoms with Crippen molar-refractivity contribution in [3.8, 4) is 11.4 Å². The first-order valence-corrected chi connectivity index (χ1v) is 6.92. The van der Waals surface area contributed by atoms with Crippen molar-refractivity contribution < 1.29 is 19.4 Å². The molecule has 3 aromatic rings. The molecule has 0 aliphatic rings. The smallest absolute Gasteiger partial charge is 0.356 e. The Morgan fingerprint density at radius 1 is 1.22 bits per heavy atom. The van der Waals surface area contributed by atoms with E-state index in [4.69, 9.17) is 4.74 Å². The summed E-state index contributed by atoms with van der Waals surface area (Å²) in [6.45, 7) is 1.94. The van der Waals surface area contributed by atoms with Gasteiger partial charge in [-0.3, -0.25) is 4.40 Å². The average molecular weight is 310 g/mol. The van der Waals surface area contributed by atoms with Crippen LogP contribution in [0.4, 0.5) is 0 Å². The van der Waals surface area contributed by atoms with Crippen LogP contribution in [0.3, 0.4) is 0 Å². The van der Waals surface area contributed by atoms with Crippen LogP contribution in [0.2, 0.25) is 0 Å². The molecule has 0 radical (unpaired) electrons. The number of carbonyl (C=O) groups excluding carboxylic acids is 1. The summed E-state index contributed by atoms with van der Waals surface area (Å²) in [6.07, 6.45) is 1.68. The van der Waals surface area contributed by atoms with Gasteiger partial charge in [0.2, 0.25) is 0 Å². The molecule has 0 spiro atoms. The summed E-state index contributed by atoms with van der Waals surface area (Å²) >= 11 is 0. The minimum atomic E-state index is -1.20. The van der Waals surface area contributed by atoms with Crippen molar-refractivity contribution in [2.75, 3.05) is 7.11 Å². The summed E-state index contributed by atoms with van der Waals surface area (Å²) in [7, 11) is 1.25. The number of fused-ring (bicyclic) bond motifs is 1. The summed E-state index contributed by atoms with van der Waals surface area (Å²) in [5.41, 5.74) is 2.01. The van der Waals surface area contributed by atoms with E-state index >= 15 is 0 Å². The first-order chi connectivity index (χ1) is 11.0. The number of methoxy groups -OCH3 is 1. The maximum atomic E-state index is 11.9. The van der Waals surface area contributed by atoms with E-state index in [0.29, 0.717) is 5.82 Å². The monoisotopic (exact) mass is 310 g/mol. The molecule has 1 N–H and O–H groups in total. The maximum Gasteiger partial charge on any atom is 0.356 e. The highest BCUT2D eigenvalue weighted by molar-refractivity contribution is 6.05. The number of carboxylic acids is 1. The first-order valence-electron chi connectivity index (χ1n) is 6.92. The van der Waals surface area contributed by atoms with Gasteiger partial charge < -0.3 is 9.84 Å². The van der Waals surface area contributed by atoms with Crippen LogP contribution in [-0.4, -0.2) is 33.5 Å². The SMILES string of the molecule is COC(=O)c1cccn2c(-c3cccc(C)c3)nc(C(=O)O)c12. The zero-order chi connectivity index (χ0) is 16.6. The largest absolute Gasteiger partial charge is 0.476 e. The van der Waals surface area contributed by atoms with Gasteiger partial charge in [-0.05, 0) is 25.1 Å². The Bertz CT molecular complexity index is 927. The van der Waals surface area contributed by atoms with E-state index in [0.717, 1.165) is 11.1 Å².